The molecule has 0 saturated heterocycles. The number of carbonyl (C=O) groups excluding carboxylic acids is 2. The molecule has 2 aromatic carbocycles. The smallest absolute Gasteiger partial charge is 0.366 e. The van der Waals surface area contributed by atoms with Crippen LogP contribution >= 0.6 is 11.3 Å². The number of fused-ring (bicyclic) bond motifs is 2. The molecule has 47 heavy (non-hydrogen) atoms. The minimum atomic E-state index is -0.151. The van der Waals surface area contributed by atoms with Crippen LogP contribution in [0.2, 0.25) is 0 Å². The topological polar surface area (TPSA) is 89.2 Å². The van der Waals surface area contributed by atoms with E-state index in [-0.39, 0.29) is 47.7 Å². The van der Waals surface area contributed by atoms with Crippen LogP contribution in [0, 0.1) is 0 Å². The summed E-state index contributed by atoms with van der Waals surface area (Å²) in [7, 11) is 0. The van der Waals surface area contributed by atoms with Gasteiger partial charge in [-0.2, -0.15) is 17.9 Å². The summed E-state index contributed by atoms with van der Waals surface area (Å²) in [5.74, 6) is 2.36. The predicted octanol–water partition coefficient (Wildman–Crippen LogP) is 0.993. The predicted molar refractivity (Wildman–Crippen MR) is 181 cm³/mol. The summed E-state index contributed by atoms with van der Waals surface area (Å²) in [6.45, 7) is 15.8. The molecule has 0 unspecified atom stereocenters. The van der Waals surface area contributed by atoms with Gasteiger partial charge in [-0.1, -0.05) is 72.0 Å². The van der Waals surface area contributed by atoms with Crippen LogP contribution in [0.3, 0.4) is 0 Å². The van der Waals surface area contributed by atoms with E-state index in [2.05, 4.69) is 61.6 Å². The van der Waals surface area contributed by atoms with E-state index in [0.717, 1.165) is 39.1 Å². The minimum Gasteiger partial charge on any atom is -1.00 e. The second kappa shape index (κ2) is 14.7. The molecule has 0 atom stereocenters. The largest absolute Gasteiger partial charge is 1.00 e. The molecule has 6 aromatic rings. The first-order valence-electron chi connectivity index (χ1n) is 14.9. The molecule has 0 aliphatic heterocycles. The molecule has 248 valence electrons. The van der Waals surface area contributed by atoms with Crippen LogP contribution in [0.5, 0.6) is 0 Å². The number of carbonyl (C=O) groups is 2. The summed E-state index contributed by atoms with van der Waals surface area (Å²) >= 11 is 1.56. The molecular formula is C35H41Cl2N7O2S. The Bertz CT molecular complexity index is 1990. The molecule has 4 aromatic heterocycles. The number of halogens is 2. The van der Waals surface area contributed by atoms with Crippen LogP contribution in [-0.4, -0.2) is 37.0 Å². The Balaban J connectivity index is 0.000000245. The molecule has 6 rings (SSSR count). The van der Waals surface area contributed by atoms with Crippen molar-refractivity contribution in [3.63, 3.8) is 0 Å². The zero-order valence-corrected chi connectivity index (χ0v) is 30.2. The third-order valence-corrected chi connectivity index (χ3v) is 7.64. The Labute approximate surface area is 292 Å². The summed E-state index contributed by atoms with van der Waals surface area (Å²) < 4.78 is 7.42. The van der Waals surface area contributed by atoms with Crippen molar-refractivity contribution >= 4 is 45.5 Å². The molecule has 2 N–H and O–H groups in total. The lowest BCUT2D eigenvalue weighted by Gasteiger charge is -2.18. The van der Waals surface area contributed by atoms with Crippen LogP contribution in [0.15, 0.2) is 90.7 Å². The average Bonchev–Trinajstić information content (AvgIpc) is 3.65. The van der Waals surface area contributed by atoms with Crippen LogP contribution in [0.4, 0.5) is 11.6 Å². The Hall–Kier alpha value is -4.25. The van der Waals surface area contributed by atoms with Crippen molar-refractivity contribution in [1.82, 2.24) is 14.1 Å². The number of hydrogen-bond donors (Lipinski definition) is 2. The van der Waals surface area contributed by atoms with E-state index < -0.39 is 0 Å². The van der Waals surface area contributed by atoms with E-state index in [0.29, 0.717) is 5.78 Å². The van der Waals surface area contributed by atoms with Gasteiger partial charge in [0.15, 0.2) is 11.4 Å². The van der Waals surface area contributed by atoms with E-state index in [9.17, 15) is 9.59 Å². The van der Waals surface area contributed by atoms with Crippen molar-refractivity contribution in [3.05, 3.63) is 90.7 Å². The van der Waals surface area contributed by atoms with E-state index >= 15 is 0 Å². The number of thiazole rings is 1. The number of rotatable bonds is 4. The van der Waals surface area contributed by atoms with Gasteiger partial charge in [0.25, 0.3) is 22.6 Å². The Morgan fingerprint density at radius 3 is 1.62 bits per heavy atom. The zero-order valence-electron chi connectivity index (χ0n) is 27.9. The van der Waals surface area contributed by atoms with Gasteiger partial charge in [0.1, 0.15) is 0 Å². The lowest BCUT2D eigenvalue weighted by Crippen LogP contribution is -3.00. The fraction of sp³-hybridized carbons (Fsp3) is 0.286. The Morgan fingerprint density at radius 1 is 0.681 bits per heavy atom. The summed E-state index contributed by atoms with van der Waals surface area (Å²) in [4.78, 5) is 29.9. The molecule has 0 amide bonds. The average molecular weight is 695 g/mol. The van der Waals surface area contributed by atoms with Gasteiger partial charge in [0, 0.05) is 30.4 Å². The summed E-state index contributed by atoms with van der Waals surface area (Å²) in [6.07, 6.45) is 5.62. The van der Waals surface area contributed by atoms with Crippen molar-refractivity contribution < 1.29 is 43.2 Å². The summed E-state index contributed by atoms with van der Waals surface area (Å²) in [6, 6.07) is 21.8. The van der Waals surface area contributed by atoms with Gasteiger partial charge in [0.05, 0.1) is 29.7 Å². The van der Waals surface area contributed by atoms with Crippen LogP contribution < -0.4 is 44.2 Å². The maximum atomic E-state index is 12.3. The zero-order chi connectivity index (χ0) is 32.5. The van der Waals surface area contributed by atoms with Gasteiger partial charge in [-0.05, 0) is 47.6 Å². The number of imidazole rings is 2. The third kappa shape index (κ3) is 8.01. The van der Waals surface area contributed by atoms with Gasteiger partial charge < -0.3 is 30.1 Å². The molecule has 0 aliphatic carbocycles. The van der Waals surface area contributed by atoms with Crippen molar-refractivity contribution in [3.8, 4) is 22.5 Å². The normalized spacial score (nSPS) is 11.2. The van der Waals surface area contributed by atoms with E-state index in [1.165, 1.54) is 0 Å². The quantitative estimate of drug-likeness (QED) is 0.269. The molecule has 9 nitrogen and oxygen atoms in total. The molecular weight excluding hydrogens is 653 g/mol. The SMILES string of the molecule is CC(=O)n1c(-c2ccccc2)c(NC(C)(C)C)[n+]2cccnc12.CC(=O)n1c(-c2ccccc2)c(NC(C)(C)C)[n+]2ccsc12.[Cl-].[Cl-]. The number of benzene rings is 2. The van der Waals surface area contributed by atoms with Gasteiger partial charge in [-0.15, -0.1) is 4.98 Å². The number of aromatic nitrogens is 5. The molecule has 0 radical (unpaired) electrons. The fourth-order valence-corrected chi connectivity index (χ4v) is 6.10. The molecule has 0 aliphatic rings. The molecule has 0 saturated carbocycles. The number of hydrogen-bond acceptors (Lipinski definition) is 6. The lowest BCUT2D eigenvalue weighted by atomic mass is 10.1. The van der Waals surface area contributed by atoms with Gasteiger partial charge in [-0.3, -0.25) is 14.9 Å². The van der Waals surface area contributed by atoms with E-state index in [1.54, 1.807) is 40.5 Å². The van der Waals surface area contributed by atoms with Crippen LogP contribution in [0.25, 0.3) is 33.3 Å². The second-order valence-corrected chi connectivity index (χ2v) is 13.8. The number of anilines is 2. The highest BCUT2D eigenvalue weighted by atomic mass is 35.5. The van der Waals surface area contributed by atoms with Crippen LogP contribution in [0.1, 0.15) is 65.0 Å². The Kier molecular flexibility index (Phi) is 11.6. The molecule has 0 spiro atoms. The molecule has 0 bridgehead atoms. The number of nitrogens with one attached hydrogen (secondary N) is 2. The molecule has 4 heterocycles. The first kappa shape index (κ1) is 37.2. The first-order valence-corrected chi connectivity index (χ1v) is 15.8. The van der Waals surface area contributed by atoms with Gasteiger partial charge in [0.2, 0.25) is 5.82 Å². The standard InChI is InChI=1S/C18H21N4O.C17H20N3OS.2ClH/c1-13(23)22-15(14-9-6-5-7-10-14)16(20-18(2,3)4)21-12-8-11-19-17(21)22;1-12(21)20-14(13-8-6-5-7-9-13)15(18-17(2,3)4)19-10-11-22-16(19)20;;/h5-12,20H,1-4H3;5-11,18H,1-4H3;2*1H/q2*+1;;/p-2. The van der Waals surface area contributed by atoms with Gasteiger partial charge in [-0.25, -0.2) is 0 Å². The maximum absolute atomic E-state index is 12.3. The summed E-state index contributed by atoms with van der Waals surface area (Å²) in [5.41, 5.74) is 3.48. The van der Waals surface area contributed by atoms with Crippen LogP contribution in [-0.2, 0) is 0 Å². The maximum Gasteiger partial charge on any atom is 0.366 e. The second-order valence-electron chi connectivity index (χ2n) is 12.9. The minimum absolute atomic E-state index is 0. The fourth-order valence-electron chi connectivity index (χ4n) is 5.21. The van der Waals surface area contributed by atoms with Gasteiger partial charge >= 0.3 is 5.78 Å². The lowest BCUT2D eigenvalue weighted by molar-refractivity contribution is -0.497. The molecule has 12 heteroatoms. The van der Waals surface area contributed by atoms with Crippen molar-refractivity contribution in [1.29, 1.82) is 0 Å². The number of nitrogens with zero attached hydrogens (tertiary/aromatic N) is 5. The summed E-state index contributed by atoms with van der Waals surface area (Å²) in [5, 5.41) is 9.06. The van der Waals surface area contributed by atoms with E-state index in [4.69, 9.17) is 0 Å². The molecule has 0 fully saturated rings. The highest BCUT2D eigenvalue weighted by Crippen LogP contribution is 2.32. The highest BCUT2D eigenvalue weighted by Gasteiger charge is 2.32. The van der Waals surface area contributed by atoms with Crippen molar-refractivity contribution in [2.24, 2.45) is 0 Å². The first-order chi connectivity index (χ1) is 21.3. The van der Waals surface area contributed by atoms with Crippen molar-refractivity contribution in [2.45, 2.75) is 66.5 Å². The van der Waals surface area contributed by atoms with E-state index in [1.807, 2.05) is 88.9 Å². The Morgan fingerprint density at radius 2 is 1.15 bits per heavy atom. The third-order valence-electron chi connectivity index (χ3n) is 6.80. The monoisotopic (exact) mass is 693 g/mol. The highest BCUT2D eigenvalue weighted by molar-refractivity contribution is 7.14. The van der Waals surface area contributed by atoms with Crippen molar-refractivity contribution in [2.75, 3.05) is 10.6 Å².